The number of hydrogen-bond donors (Lipinski definition) is 1. The Balaban J connectivity index is 1.28. The summed E-state index contributed by atoms with van der Waals surface area (Å²) in [5.41, 5.74) is 4.48. The molecule has 0 fully saturated rings. The molecule has 0 bridgehead atoms. The number of rotatable bonds is 7. The average molecular weight is 443 g/mol. The summed E-state index contributed by atoms with van der Waals surface area (Å²) in [5.74, 6) is 1.28. The van der Waals surface area contributed by atoms with Gasteiger partial charge in [-0.25, -0.2) is 4.98 Å². The smallest absolute Gasteiger partial charge is 0.257 e. The molecule has 0 unspecified atom stereocenters. The average Bonchev–Trinajstić information content (AvgIpc) is 3.33. The molecule has 0 radical (unpaired) electrons. The van der Waals surface area contributed by atoms with Crippen LogP contribution in [-0.2, 0) is 17.0 Å². The highest BCUT2D eigenvalue weighted by Gasteiger charge is 2.12. The zero-order chi connectivity index (χ0) is 21.1. The summed E-state index contributed by atoms with van der Waals surface area (Å²) in [6.07, 6.45) is 0.628. The molecule has 7 nitrogen and oxygen atoms in total. The number of halogens is 1. The van der Waals surface area contributed by atoms with Crippen LogP contribution >= 0.6 is 23.4 Å². The van der Waals surface area contributed by atoms with Gasteiger partial charge in [0, 0.05) is 23.6 Å². The minimum Gasteiger partial charge on any atom is -0.431 e. The first-order valence-corrected chi connectivity index (χ1v) is 10.7. The maximum atomic E-state index is 12.2. The lowest BCUT2D eigenvalue weighted by atomic mass is 10.1. The number of aryl methyl sites for hydroxylation is 3. The van der Waals surface area contributed by atoms with Crippen molar-refractivity contribution >= 4 is 46.1 Å². The summed E-state index contributed by atoms with van der Waals surface area (Å²) in [6, 6.07) is 11.1. The van der Waals surface area contributed by atoms with Crippen molar-refractivity contribution in [2.75, 3.05) is 5.32 Å². The molecular weight excluding hydrogens is 424 g/mol. The first-order valence-electron chi connectivity index (χ1n) is 9.34. The van der Waals surface area contributed by atoms with Gasteiger partial charge in [0.2, 0.25) is 11.8 Å². The molecule has 2 aromatic carbocycles. The highest BCUT2D eigenvalue weighted by atomic mass is 35.5. The Morgan fingerprint density at radius 2 is 2.00 bits per heavy atom. The molecule has 0 saturated carbocycles. The maximum Gasteiger partial charge on any atom is 0.257 e. The second kappa shape index (κ2) is 8.89. The molecule has 1 N–H and O–H groups in total. The molecule has 0 aliphatic carbocycles. The number of thioether (sulfide) groups is 1. The number of oxazole rings is 1. The largest absolute Gasteiger partial charge is 0.431 e. The Morgan fingerprint density at radius 3 is 2.83 bits per heavy atom. The molecular formula is C21H19ClN4O3S. The van der Waals surface area contributed by atoms with Crippen LogP contribution in [0.15, 0.2) is 50.6 Å². The van der Waals surface area contributed by atoms with Crippen LogP contribution in [0.2, 0.25) is 5.02 Å². The van der Waals surface area contributed by atoms with Gasteiger partial charge in [0.05, 0.1) is 5.75 Å². The minimum atomic E-state index is -0.0995. The number of nitrogens with one attached hydrogen (secondary N) is 1. The van der Waals surface area contributed by atoms with Crippen molar-refractivity contribution in [3.8, 4) is 0 Å². The summed E-state index contributed by atoms with van der Waals surface area (Å²) in [6.45, 7) is 4.05. The number of aromatic nitrogens is 3. The number of fused-ring (bicyclic) bond motifs is 1. The predicted molar refractivity (Wildman–Crippen MR) is 116 cm³/mol. The van der Waals surface area contributed by atoms with Crippen molar-refractivity contribution in [2.24, 2.45) is 0 Å². The van der Waals surface area contributed by atoms with Gasteiger partial charge in [-0.1, -0.05) is 34.6 Å². The van der Waals surface area contributed by atoms with Crippen LogP contribution in [0.25, 0.3) is 11.1 Å². The van der Waals surface area contributed by atoms with E-state index in [0.717, 1.165) is 11.3 Å². The van der Waals surface area contributed by atoms with Crippen molar-refractivity contribution in [3.63, 3.8) is 0 Å². The Morgan fingerprint density at radius 1 is 1.13 bits per heavy atom. The lowest BCUT2D eigenvalue weighted by molar-refractivity contribution is -0.116. The van der Waals surface area contributed by atoms with Crippen LogP contribution in [0, 0.1) is 13.8 Å². The molecule has 0 spiro atoms. The second-order valence-electron chi connectivity index (χ2n) is 6.83. The van der Waals surface area contributed by atoms with Crippen molar-refractivity contribution in [2.45, 2.75) is 37.7 Å². The van der Waals surface area contributed by atoms with E-state index in [4.69, 9.17) is 20.5 Å². The van der Waals surface area contributed by atoms with E-state index in [1.54, 1.807) is 18.2 Å². The van der Waals surface area contributed by atoms with Gasteiger partial charge in [-0.05, 0) is 55.3 Å². The van der Waals surface area contributed by atoms with E-state index in [2.05, 4.69) is 20.4 Å². The van der Waals surface area contributed by atoms with Gasteiger partial charge >= 0.3 is 0 Å². The van der Waals surface area contributed by atoms with Crippen LogP contribution in [0.5, 0.6) is 0 Å². The molecule has 2 heterocycles. The molecule has 1 amide bonds. The first-order chi connectivity index (χ1) is 14.5. The quantitative estimate of drug-likeness (QED) is 0.386. The fraction of sp³-hybridized carbons (Fsp3) is 0.238. The summed E-state index contributed by atoms with van der Waals surface area (Å²) in [4.78, 5) is 20.9. The number of amides is 1. The van der Waals surface area contributed by atoms with Crippen molar-refractivity contribution in [1.29, 1.82) is 0 Å². The highest BCUT2D eigenvalue weighted by Crippen LogP contribution is 2.27. The lowest BCUT2D eigenvalue weighted by Gasteiger charge is -2.06. The third-order valence-corrected chi connectivity index (χ3v) is 5.58. The molecule has 154 valence electrons. The summed E-state index contributed by atoms with van der Waals surface area (Å²) >= 11 is 7.33. The zero-order valence-corrected chi connectivity index (χ0v) is 18.0. The van der Waals surface area contributed by atoms with Crippen LogP contribution in [0.3, 0.4) is 0 Å². The van der Waals surface area contributed by atoms with E-state index in [1.807, 2.05) is 32.0 Å². The first kappa shape index (κ1) is 20.4. The van der Waals surface area contributed by atoms with E-state index in [0.29, 0.717) is 45.2 Å². The van der Waals surface area contributed by atoms with Crippen LogP contribution in [0.4, 0.5) is 5.69 Å². The molecule has 2 aromatic heterocycles. The van der Waals surface area contributed by atoms with E-state index in [1.165, 1.54) is 17.3 Å². The topological polar surface area (TPSA) is 94.1 Å². The molecule has 4 rings (SSSR count). The third kappa shape index (κ3) is 5.01. The molecule has 0 aliphatic heterocycles. The van der Waals surface area contributed by atoms with Gasteiger partial charge in [-0.15, -0.1) is 0 Å². The zero-order valence-electron chi connectivity index (χ0n) is 16.4. The number of nitrogens with zero attached hydrogens (tertiary/aromatic N) is 3. The normalized spacial score (nSPS) is 11.2. The van der Waals surface area contributed by atoms with Crippen molar-refractivity contribution < 1.29 is 13.7 Å². The fourth-order valence-electron chi connectivity index (χ4n) is 2.78. The third-order valence-electron chi connectivity index (χ3n) is 4.52. The number of anilines is 1. The van der Waals surface area contributed by atoms with Crippen molar-refractivity contribution in [1.82, 2.24) is 15.1 Å². The van der Waals surface area contributed by atoms with E-state index < -0.39 is 0 Å². The monoisotopic (exact) mass is 442 g/mol. The van der Waals surface area contributed by atoms with Gasteiger partial charge in [0.1, 0.15) is 5.52 Å². The Bertz CT molecular complexity index is 1200. The van der Waals surface area contributed by atoms with Gasteiger partial charge < -0.3 is 14.3 Å². The number of carbonyl (C=O) groups is 1. The van der Waals surface area contributed by atoms with Gasteiger partial charge in [0.25, 0.3) is 5.22 Å². The SMILES string of the molecule is Cc1ccc(NC(=O)CCc2nc(CSc3nc4cc(Cl)ccc4o3)no2)cc1C. The number of carbonyl (C=O) groups excluding carboxylic acids is 1. The Hall–Kier alpha value is -2.84. The number of hydrogen-bond acceptors (Lipinski definition) is 7. The van der Waals surface area contributed by atoms with Crippen LogP contribution < -0.4 is 5.32 Å². The van der Waals surface area contributed by atoms with Crippen molar-refractivity contribution in [3.05, 3.63) is 64.3 Å². The summed E-state index contributed by atoms with van der Waals surface area (Å²) in [7, 11) is 0. The Labute approximate surface area is 182 Å². The minimum absolute atomic E-state index is 0.0995. The van der Waals surface area contributed by atoms with E-state index in [9.17, 15) is 4.79 Å². The molecule has 0 atom stereocenters. The predicted octanol–water partition coefficient (Wildman–Crippen LogP) is 5.34. The van der Waals surface area contributed by atoms with Crippen LogP contribution in [0.1, 0.15) is 29.3 Å². The highest BCUT2D eigenvalue weighted by molar-refractivity contribution is 7.98. The maximum absolute atomic E-state index is 12.2. The molecule has 0 aliphatic rings. The fourth-order valence-corrected chi connectivity index (χ4v) is 3.63. The lowest BCUT2D eigenvalue weighted by Crippen LogP contribution is -2.12. The van der Waals surface area contributed by atoms with E-state index in [-0.39, 0.29) is 12.3 Å². The van der Waals surface area contributed by atoms with E-state index >= 15 is 0 Å². The van der Waals surface area contributed by atoms with Gasteiger partial charge in [-0.2, -0.15) is 4.98 Å². The standard InChI is InChI=1S/C21H19ClN4O3S/c1-12-3-5-15(9-13(12)2)23-19(27)7-8-20-25-18(26-29-20)11-30-21-24-16-10-14(22)4-6-17(16)28-21/h3-6,9-10H,7-8,11H2,1-2H3,(H,23,27). The summed E-state index contributed by atoms with van der Waals surface area (Å²) < 4.78 is 10.9. The molecule has 4 aromatic rings. The molecule has 0 saturated heterocycles. The van der Waals surface area contributed by atoms with Gasteiger partial charge in [-0.3, -0.25) is 4.79 Å². The van der Waals surface area contributed by atoms with Gasteiger partial charge in [0.15, 0.2) is 11.4 Å². The summed E-state index contributed by atoms with van der Waals surface area (Å²) in [5, 5.41) is 7.95. The molecule has 30 heavy (non-hydrogen) atoms. The Kier molecular flexibility index (Phi) is 6.06. The van der Waals surface area contributed by atoms with Crippen LogP contribution in [-0.4, -0.2) is 21.0 Å². The number of benzene rings is 2. The second-order valence-corrected chi connectivity index (χ2v) is 8.20. The molecule has 9 heteroatoms.